The molecule has 5 nitrogen and oxygen atoms in total. The summed E-state index contributed by atoms with van der Waals surface area (Å²) in [5.74, 6) is -0.139. The predicted octanol–water partition coefficient (Wildman–Crippen LogP) is 3.33. The Kier molecular flexibility index (Phi) is 5.08. The zero-order valence-corrected chi connectivity index (χ0v) is 13.2. The van der Waals surface area contributed by atoms with Crippen LogP contribution in [0.2, 0.25) is 0 Å². The Morgan fingerprint density at radius 3 is 2.76 bits per heavy atom. The fourth-order valence-corrected chi connectivity index (χ4v) is 2.22. The minimum Gasteiger partial charge on any atom is -0.505 e. The van der Waals surface area contributed by atoms with Gasteiger partial charge in [-0.1, -0.05) is 0 Å². The second-order valence-electron chi connectivity index (χ2n) is 4.29. The van der Waals surface area contributed by atoms with Crippen LogP contribution in [0, 0.1) is 5.82 Å². The van der Waals surface area contributed by atoms with Crippen molar-refractivity contribution in [2.45, 2.75) is 13.5 Å². The molecule has 7 heteroatoms. The van der Waals surface area contributed by atoms with Gasteiger partial charge >= 0.3 is 0 Å². The Morgan fingerprint density at radius 2 is 2.14 bits per heavy atom. The van der Waals surface area contributed by atoms with Gasteiger partial charge in [0, 0.05) is 19.2 Å². The van der Waals surface area contributed by atoms with E-state index in [2.05, 4.69) is 31.2 Å². The molecule has 0 radical (unpaired) electrons. The van der Waals surface area contributed by atoms with Crippen LogP contribution in [0.1, 0.15) is 12.6 Å². The van der Waals surface area contributed by atoms with Crippen LogP contribution in [0.3, 0.4) is 0 Å². The van der Waals surface area contributed by atoms with Crippen molar-refractivity contribution in [3.05, 3.63) is 34.2 Å². The lowest BCUT2D eigenvalue weighted by atomic mass is 10.2. The van der Waals surface area contributed by atoms with Gasteiger partial charge in [-0.15, -0.1) is 0 Å². The summed E-state index contributed by atoms with van der Waals surface area (Å²) in [6.07, 6.45) is 0. The number of nitrogens with one attached hydrogen (secondary N) is 1. The lowest BCUT2D eigenvalue weighted by Crippen LogP contribution is -2.07. The molecule has 1 heterocycles. The molecule has 2 N–H and O–H groups in total. The normalized spacial score (nSPS) is 10.7. The van der Waals surface area contributed by atoms with Gasteiger partial charge in [0.25, 0.3) is 0 Å². The molecule has 0 bridgehead atoms. The molecule has 0 aliphatic rings. The zero-order valence-electron chi connectivity index (χ0n) is 11.7. The number of aromatic hydroxyl groups is 1. The molecule has 112 valence electrons. The van der Waals surface area contributed by atoms with Crippen molar-refractivity contribution in [1.82, 2.24) is 9.97 Å². The summed E-state index contributed by atoms with van der Waals surface area (Å²) in [5, 5.41) is 12.4. The van der Waals surface area contributed by atoms with E-state index in [9.17, 15) is 9.50 Å². The second-order valence-corrected chi connectivity index (χ2v) is 5.08. The molecule has 0 aliphatic carbocycles. The molecule has 21 heavy (non-hydrogen) atoms. The van der Waals surface area contributed by atoms with Gasteiger partial charge < -0.3 is 15.2 Å². The van der Waals surface area contributed by atoms with Gasteiger partial charge in [0.15, 0.2) is 17.4 Å². The van der Waals surface area contributed by atoms with Gasteiger partial charge in [0.05, 0.1) is 16.8 Å². The number of phenolic OH excluding ortho intramolecular Hbond substituents is 1. The highest BCUT2D eigenvalue weighted by atomic mass is 79.9. The van der Waals surface area contributed by atoms with Gasteiger partial charge in [0.1, 0.15) is 5.82 Å². The summed E-state index contributed by atoms with van der Waals surface area (Å²) in [6, 6.07) is 4.04. The molecule has 0 saturated heterocycles. The summed E-state index contributed by atoms with van der Waals surface area (Å²) >= 11 is 3.43. The maximum Gasteiger partial charge on any atom is 0.165 e. The summed E-state index contributed by atoms with van der Waals surface area (Å²) in [4.78, 5) is 8.75. The number of anilines is 1. The molecule has 0 atom stereocenters. The Morgan fingerprint density at radius 1 is 1.38 bits per heavy atom. The Balaban J connectivity index is 2.53. The fourth-order valence-electron chi connectivity index (χ4n) is 1.79. The summed E-state index contributed by atoms with van der Waals surface area (Å²) in [6.45, 7) is 2.94. The largest absolute Gasteiger partial charge is 0.505 e. The van der Waals surface area contributed by atoms with Crippen molar-refractivity contribution in [1.29, 1.82) is 0 Å². The number of hydrogen-bond donors (Lipinski definition) is 2. The van der Waals surface area contributed by atoms with Crippen LogP contribution in [0.4, 0.5) is 10.2 Å². The van der Waals surface area contributed by atoms with Gasteiger partial charge in [-0.3, -0.25) is 0 Å². The first kappa shape index (κ1) is 15.7. The fraction of sp³-hybridized carbons (Fsp3) is 0.286. The maximum absolute atomic E-state index is 13.5. The average molecular weight is 356 g/mol. The number of aromatic nitrogens is 2. The standard InChI is InChI=1S/C14H15BrFN3O2/c1-3-17-14-12(15)10(7-21-2)18-13(19-14)8-4-5-11(20)9(16)6-8/h4-6,20H,3,7H2,1-2H3,(H,17,18,19). The number of hydrogen-bond acceptors (Lipinski definition) is 5. The molecule has 1 aromatic heterocycles. The van der Waals surface area contributed by atoms with E-state index in [1.54, 1.807) is 13.2 Å². The molecule has 0 spiro atoms. The molecular formula is C14H15BrFN3O2. The van der Waals surface area contributed by atoms with Crippen molar-refractivity contribution >= 4 is 21.7 Å². The van der Waals surface area contributed by atoms with Crippen LogP contribution in [0.5, 0.6) is 5.75 Å². The SMILES string of the molecule is CCNc1nc(-c2ccc(O)c(F)c2)nc(COC)c1Br. The number of methoxy groups -OCH3 is 1. The van der Waals surface area contributed by atoms with Gasteiger partial charge in [-0.05, 0) is 41.1 Å². The maximum atomic E-state index is 13.5. The summed E-state index contributed by atoms with van der Waals surface area (Å²) < 4.78 is 19.3. The van der Waals surface area contributed by atoms with E-state index in [1.807, 2.05) is 6.92 Å². The Bertz CT molecular complexity index is 625. The second kappa shape index (κ2) is 6.82. The minimum absolute atomic E-state index is 0.301. The first-order valence-electron chi connectivity index (χ1n) is 6.35. The molecule has 0 unspecified atom stereocenters. The highest BCUT2D eigenvalue weighted by Crippen LogP contribution is 2.29. The quantitative estimate of drug-likeness (QED) is 0.860. The summed E-state index contributed by atoms with van der Waals surface area (Å²) in [5.41, 5.74) is 1.14. The van der Waals surface area contributed by atoms with Crippen molar-refractivity contribution in [3.8, 4) is 17.1 Å². The first-order valence-corrected chi connectivity index (χ1v) is 7.14. The minimum atomic E-state index is -0.711. The summed E-state index contributed by atoms with van der Waals surface area (Å²) in [7, 11) is 1.57. The zero-order chi connectivity index (χ0) is 15.4. The number of nitrogens with zero attached hydrogens (tertiary/aromatic N) is 2. The topological polar surface area (TPSA) is 67.3 Å². The monoisotopic (exact) mass is 355 g/mol. The number of rotatable bonds is 5. The van der Waals surface area contributed by atoms with Crippen LogP contribution < -0.4 is 5.32 Å². The lowest BCUT2D eigenvalue weighted by molar-refractivity contribution is 0.181. The van der Waals surface area contributed by atoms with E-state index in [4.69, 9.17) is 4.74 Å². The molecule has 2 rings (SSSR count). The molecule has 0 amide bonds. The van der Waals surface area contributed by atoms with Crippen LogP contribution in [0.15, 0.2) is 22.7 Å². The highest BCUT2D eigenvalue weighted by molar-refractivity contribution is 9.10. The molecule has 0 fully saturated rings. The Labute approximate surface area is 130 Å². The van der Waals surface area contributed by atoms with Gasteiger partial charge in [-0.2, -0.15) is 0 Å². The first-order chi connectivity index (χ1) is 10.1. The van der Waals surface area contributed by atoms with E-state index < -0.39 is 11.6 Å². The van der Waals surface area contributed by atoms with E-state index in [0.717, 1.165) is 0 Å². The van der Waals surface area contributed by atoms with Crippen LogP contribution in [0.25, 0.3) is 11.4 Å². The van der Waals surface area contributed by atoms with E-state index in [0.29, 0.717) is 40.5 Å². The lowest BCUT2D eigenvalue weighted by Gasteiger charge is -2.12. The third-order valence-corrected chi connectivity index (χ3v) is 3.58. The van der Waals surface area contributed by atoms with E-state index in [1.165, 1.54) is 12.1 Å². The van der Waals surface area contributed by atoms with Crippen LogP contribution >= 0.6 is 15.9 Å². The smallest absolute Gasteiger partial charge is 0.165 e. The third kappa shape index (κ3) is 3.48. The molecule has 0 saturated carbocycles. The third-order valence-electron chi connectivity index (χ3n) is 2.75. The molecule has 1 aromatic carbocycles. The number of phenols is 1. The number of ether oxygens (including phenoxy) is 1. The predicted molar refractivity (Wildman–Crippen MR) is 81.7 cm³/mol. The Hall–Kier alpha value is -1.73. The number of halogens is 2. The average Bonchev–Trinajstić information content (AvgIpc) is 2.46. The van der Waals surface area contributed by atoms with Crippen molar-refractivity contribution < 1.29 is 14.2 Å². The molecule has 0 aliphatic heterocycles. The molecule has 2 aromatic rings. The highest BCUT2D eigenvalue weighted by Gasteiger charge is 2.14. The van der Waals surface area contributed by atoms with Crippen LogP contribution in [-0.4, -0.2) is 28.7 Å². The number of benzene rings is 1. The van der Waals surface area contributed by atoms with E-state index in [-0.39, 0.29) is 0 Å². The van der Waals surface area contributed by atoms with Crippen molar-refractivity contribution in [2.24, 2.45) is 0 Å². The van der Waals surface area contributed by atoms with Crippen molar-refractivity contribution in [3.63, 3.8) is 0 Å². The van der Waals surface area contributed by atoms with Crippen molar-refractivity contribution in [2.75, 3.05) is 19.0 Å². The van der Waals surface area contributed by atoms with Gasteiger partial charge in [-0.25, -0.2) is 14.4 Å². The van der Waals surface area contributed by atoms with E-state index >= 15 is 0 Å². The van der Waals surface area contributed by atoms with Gasteiger partial charge in [0.2, 0.25) is 0 Å². The molecular weight excluding hydrogens is 341 g/mol. The van der Waals surface area contributed by atoms with Crippen LogP contribution in [-0.2, 0) is 11.3 Å².